The fourth-order valence-electron chi connectivity index (χ4n) is 3.07. The molecule has 106 valence electrons. The number of hydrogen-bond donors (Lipinski definition) is 2. The van der Waals surface area contributed by atoms with Gasteiger partial charge in [-0.25, -0.2) is 9.79 Å². The van der Waals surface area contributed by atoms with Crippen LogP contribution < -0.4 is 5.32 Å². The van der Waals surface area contributed by atoms with Gasteiger partial charge in [-0.2, -0.15) is 0 Å². The van der Waals surface area contributed by atoms with Crippen LogP contribution in [0.3, 0.4) is 0 Å². The van der Waals surface area contributed by atoms with E-state index < -0.39 is 0 Å². The summed E-state index contributed by atoms with van der Waals surface area (Å²) < 4.78 is 0. The first kappa shape index (κ1) is 14.0. The Morgan fingerprint density at radius 2 is 2.11 bits per heavy atom. The number of aliphatic imine (C=N–C) groups is 1. The maximum atomic E-state index is 11.9. The Hall–Kier alpha value is -1.43. The van der Waals surface area contributed by atoms with Crippen molar-refractivity contribution >= 4 is 18.7 Å². The number of hydrogen-bond acceptors (Lipinski definition) is 3. The van der Waals surface area contributed by atoms with E-state index in [1.165, 1.54) is 12.8 Å². The summed E-state index contributed by atoms with van der Waals surface area (Å²) in [6, 6.07) is 0.479. The van der Waals surface area contributed by atoms with Crippen molar-refractivity contribution in [1.29, 1.82) is 5.41 Å². The molecule has 6 heteroatoms. The van der Waals surface area contributed by atoms with Gasteiger partial charge in [0.25, 0.3) is 0 Å². The molecule has 19 heavy (non-hydrogen) atoms. The van der Waals surface area contributed by atoms with Gasteiger partial charge in [-0.1, -0.05) is 0 Å². The fourth-order valence-corrected chi connectivity index (χ4v) is 3.07. The average Bonchev–Trinajstić information content (AvgIpc) is 2.98. The number of nitrogens with zero attached hydrogens (tertiary/aromatic N) is 3. The maximum Gasteiger partial charge on any atom is 0.322 e. The van der Waals surface area contributed by atoms with Crippen LogP contribution in [0.15, 0.2) is 4.99 Å². The lowest BCUT2D eigenvalue weighted by atomic mass is 9.86. The van der Waals surface area contributed by atoms with Gasteiger partial charge < -0.3 is 9.80 Å². The third-order valence-electron chi connectivity index (χ3n) is 4.26. The van der Waals surface area contributed by atoms with Crippen molar-refractivity contribution in [3.63, 3.8) is 0 Å². The lowest BCUT2D eigenvalue weighted by Crippen LogP contribution is -2.40. The molecular weight excluding hydrogens is 242 g/mol. The molecule has 1 unspecified atom stereocenters. The predicted octanol–water partition coefficient (Wildman–Crippen LogP) is 1.14. The van der Waals surface area contributed by atoms with E-state index in [1.54, 1.807) is 0 Å². The van der Waals surface area contributed by atoms with Gasteiger partial charge in [-0.15, -0.1) is 0 Å². The molecule has 0 aromatic carbocycles. The lowest BCUT2D eigenvalue weighted by Gasteiger charge is -2.26. The maximum absolute atomic E-state index is 11.9. The molecule has 2 saturated heterocycles. The highest BCUT2D eigenvalue weighted by Crippen LogP contribution is 2.39. The van der Waals surface area contributed by atoms with E-state index in [0.717, 1.165) is 38.9 Å². The van der Waals surface area contributed by atoms with E-state index >= 15 is 0 Å². The highest BCUT2D eigenvalue weighted by atomic mass is 16.2. The van der Waals surface area contributed by atoms with Crippen LogP contribution >= 0.6 is 0 Å². The Kier molecular flexibility index (Phi) is 4.19. The Morgan fingerprint density at radius 1 is 1.37 bits per heavy atom. The first-order valence-corrected chi connectivity index (χ1v) is 6.86. The molecule has 2 heterocycles. The minimum Gasteiger partial charge on any atom is -0.324 e. The largest absolute Gasteiger partial charge is 0.324 e. The molecule has 2 N–H and O–H groups in total. The van der Waals surface area contributed by atoms with Crippen molar-refractivity contribution in [1.82, 2.24) is 15.1 Å². The highest BCUT2D eigenvalue weighted by Gasteiger charge is 2.44. The third-order valence-corrected chi connectivity index (χ3v) is 4.26. The van der Waals surface area contributed by atoms with Crippen LogP contribution in [0.2, 0.25) is 0 Å². The zero-order valence-corrected chi connectivity index (χ0v) is 11.7. The summed E-state index contributed by atoms with van der Waals surface area (Å²) in [5.74, 6) is 0. The minimum atomic E-state index is -0.106. The van der Waals surface area contributed by atoms with E-state index in [-0.39, 0.29) is 6.03 Å². The van der Waals surface area contributed by atoms with E-state index in [2.05, 4.69) is 29.1 Å². The van der Waals surface area contributed by atoms with E-state index in [0.29, 0.717) is 11.5 Å². The smallest absolute Gasteiger partial charge is 0.322 e. The first-order valence-electron chi connectivity index (χ1n) is 6.86. The Morgan fingerprint density at radius 3 is 2.74 bits per heavy atom. The lowest BCUT2D eigenvalue weighted by molar-refractivity contribution is 0.198. The van der Waals surface area contributed by atoms with Crippen LogP contribution in [-0.2, 0) is 0 Å². The van der Waals surface area contributed by atoms with Gasteiger partial charge in [0.2, 0.25) is 0 Å². The molecule has 0 aliphatic carbocycles. The SMILES string of the molecule is CC(C)N1CCC2(CCN(C(=O)NC=NC=N)C2)C1. The van der Waals surface area contributed by atoms with Crippen molar-refractivity contribution < 1.29 is 4.79 Å². The highest BCUT2D eigenvalue weighted by molar-refractivity contribution is 5.88. The predicted molar refractivity (Wildman–Crippen MR) is 75.8 cm³/mol. The van der Waals surface area contributed by atoms with Crippen LogP contribution in [0, 0.1) is 10.8 Å². The molecule has 0 saturated carbocycles. The van der Waals surface area contributed by atoms with Crippen molar-refractivity contribution in [2.75, 3.05) is 26.2 Å². The molecule has 2 aliphatic rings. The van der Waals surface area contributed by atoms with E-state index in [1.807, 2.05) is 4.90 Å². The normalized spacial score (nSPS) is 27.8. The Balaban J connectivity index is 1.88. The van der Waals surface area contributed by atoms with Crippen LogP contribution in [0.4, 0.5) is 4.79 Å². The summed E-state index contributed by atoms with van der Waals surface area (Å²) in [7, 11) is 0. The molecule has 2 rings (SSSR count). The van der Waals surface area contributed by atoms with Gasteiger partial charge in [0.1, 0.15) is 6.34 Å². The van der Waals surface area contributed by atoms with Gasteiger partial charge in [0.05, 0.1) is 6.34 Å². The molecule has 0 aromatic heterocycles. The molecule has 0 aromatic rings. The van der Waals surface area contributed by atoms with Crippen molar-refractivity contribution in [2.45, 2.75) is 32.7 Å². The number of likely N-dealkylation sites (tertiary alicyclic amines) is 2. The first-order chi connectivity index (χ1) is 9.06. The van der Waals surface area contributed by atoms with E-state index in [4.69, 9.17) is 5.41 Å². The average molecular weight is 265 g/mol. The third kappa shape index (κ3) is 3.12. The number of amides is 2. The summed E-state index contributed by atoms with van der Waals surface area (Å²) in [5.41, 5.74) is 0.292. The molecule has 1 atom stereocenters. The second-order valence-electron chi connectivity index (χ2n) is 5.84. The molecule has 2 fully saturated rings. The van der Waals surface area contributed by atoms with Gasteiger partial charge in [-0.3, -0.25) is 10.7 Å². The quantitative estimate of drug-likeness (QED) is 0.593. The van der Waals surface area contributed by atoms with Crippen molar-refractivity contribution in [3.8, 4) is 0 Å². The second-order valence-corrected chi connectivity index (χ2v) is 5.84. The Bertz CT molecular complexity index is 381. The molecule has 2 amide bonds. The molecule has 1 spiro atoms. The zero-order valence-electron chi connectivity index (χ0n) is 11.7. The molecular formula is C13H23N5O. The van der Waals surface area contributed by atoms with Gasteiger partial charge >= 0.3 is 6.03 Å². The molecule has 2 aliphatic heterocycles. The number of rotatable bonds is 3. The van der Waals surface area contributed by atoms with Crippen LogP contribution in [0.1, 0.15) is 26.7 Å². The van der Waals surface area contributed by atoms with Crippen LogP contribution in [0.25, 0.3) is 0 Å². The minimum absolute atomic E-state index is 0.106. The van der Waals surface area contributed by atoms with Crippen LogP contribution in [0.5, 0.6) is 0 Å². The monoisotopic (exact) mass is 265 g/mol. The second kappa shape index (κ2) is 5.69. The molecule has 0 bridgehead atoms. The molecule has 6 nitrogen and oxygen atoms in total. The van der Waals surface area contributed by atoms with Crippen LogP contribution in [-0.4, -0.2) is 60.7 Å². The number of carbonyl (C=O) groups excluding carboxylic acids is 1. The Labute approximate surface area is 114 Å². The topological polar surface area (TPSA) is 71.8 Å². The van der Waals surface area contributed by atoms with Crippen molar-refractivity contribution in [3.05, 3.63) is 0 Å². The van der Waals surface area contributed by atoms with Gasteiger partial charge in [0.15, 0.2) is 0 Å². The summed E-state index contributed by atoms with van der Waals surface area (Å²) in [6.45, 7) is 8.35. The number of carbonyl (C=O) groups is 1. The van der Waals surface area contributed by atoms with E-state index in [9.17, 15) is 4.79 Å². The fraction of sp³-hybridized carbons (Fsp3) is 0.769. The van der Waals surface area contributed by atoms with Gasteiger partial charge in [-0.05, 0) is 33.2 Å². The number of urea groups is 1. The van der Waals surface area contributed by atoms with Gasteiger partial charge in [0, 0.05) is 31.1 Å². The summed E-state index contributed by atoms with van der Waals surface area (Å²) >= 11 is 0. The molecule has 0 radical (unpaired) electrons. The summed E-state index contributed by atoms with van der Waals surface area (Å²) in [5, 5.41) is 9.35. The number of nitrogens with one attached hydrogen (secondary N) is 2. The van der Waals surface area contributed by atoms with Crippen molar-refractivity contribution in [2.24, 2.45) is 10.4 Å². The standard InChI is InChI=1S/C13H23N5O/c1-11(2)17-5-3-13(7-17)4-6-18(8-13)12(19)16-10-15-9-14/h9-11H,3-8H2,1-2H3,(H2,14,15,16,19). The summed E-state index contributed by atoms with van der Waals surface area (Å²) in [4.78, 5) is 19.8. The summed E-state index contributed by atoms with van der Waals surface area (Å²) in [6.07, 6.45) is 4.45. The zero-order chi connectivity index (χ0) is 13.9.